The van der Waals surface area contributed by atoms with Gasteiger partial charge >= 0.3 is 12.1 Å². The van der Waals surface area contributed by atoms with Crippen LogP contribution in [0.4, 0.5) is 21.0 Å². The zero-order valence-electron chi connectivity index (χ0n) is 21.5. The first-order chi connectivity index (χ1) is 17.9. The molecule has 1 aliphatic rings. The number of rotatable bonds is 7. The third kappa shape index (κ3) is 5.88. The minimum Gasteiger partial charge on any atom is -0.495 e. The van der Waals surface area contributed by atoms with Crippen LogP contribution in [0.2, 0.25) is 0 Å². The fraction of sp³-hybridized carbons (Fsp3) is 0.286. The van der Waals surface area contributed by atoms with Gasteiger partial charge in [-0.2, -0.15) is 0 Å². The van der Waals surface area contributed by atoms with Crippen molar-refractivity contribution in [2.75, 3.05) is 45.1 Å². The Morgan fingerprint density at radius 3 is 2.27 bits per heavy atom. The van der Waals surface area contributed by atoms with Gasteiger partial charge in [-0.3, -0.25) is 0 Å². The molecule has 0 saturated heterocycles. The minimum absolute atomic E-state index is 0.194. The number of hydrogen-bond donors (Lipinski definition) is 3. The van der Waals surface area contributed by atoms with Crippen LogP contribution in [0.25, 0.3) is 0 Å². The molecule has 0 aromatic heterocycles. The maximum atomic E-state index is 13.5. The number of aryl methyl sites for hydroxylation is 1. The number of para-hydroxylation sites is 2. The number of anilines is 2. The number of benzene rings is 3. The van der Waals surface area contributed by atoms with Gasteiger partial charge in [-0.1, -0.05) is 29.8 Å². The molecule has 4 amide bonds. The second-order valence-electron chi connectivity index (χ2n) is 8.70. The highest BCUT2D eigenvalue weighted by molar-refractivity contribution is 5.92. The van der Waals surface area contributed by atoms with E-state index in [0.717, 1.165) is 16.7 Å². The summed E-state index contributed by atoms with van der Waals surface area (Å²) < 4.78 is 16.4. The number of nitrogens with one attached hydrogen (secondary N) is 3. The van der Waals surface area contributed by atoms with Crippen LogP contribution in [0, 0.1) is 6.92 Å². The fourth-order valence-corrected chi connectivity index (χ4v) is 4.43. The Morgan fingerprint density at radius 1 is 0.892 bits per heavy atom. The van der Waals surface area contributed by atoms with E-state index in [1.165, 1.54) is 0 Å². The Kier molecular flexibility index (Phi) is 8.02. The smallest absolute Gasteiger partial charge is 0.322 e. The summed E-state index contributed by atoms with van der Waals surface area (Å²) in [5.41, 5.74) is 4.27. The highest BCUT2D eigenvalue weighted by Gasteiger charge is 2.33. The Morgan fingerprint density at radius 2 is 1.57 bits per heavy atom. The van der Waals surface area contributed by atoms with Gasteiger partial charge in [-0.05, 0) is 60.9 Å². The fourth-order valence-electron chi connectivity index (χ4n) is 4.43. The highest BCUT2D eigenvalue weighted by Crippen LogP contribution is 2.38. The van der Waals surface area contributed by atoms with Crippen molar-refractivity contribution in [3.05, 3.63) is 77.4 Å². The maximum absolute atomic E-state index is 13.5. The van der Waals surface area contributed by atoms with Crippen LogP contribution in [-0.2, 0) is 6.42 Å². The summed E-state index contributed by atoms with van der Waals surface area (Å²) in [7, 11) is 4.72. The molecule has 1 unspecified atom stereocenters. The molecule has 194 valence electrons. The maximum Gasteiger partial charge on any atom is 0.322 e. The normalized spacial score (nSPS) is 14.3. The summed E-state index contributed by atoms with van der Waals surface area (Å²) in [6.45, 7) is 2.63. The third-order valence-electron chi connectivity index (χ3n) is 6.38. The van der Waals surface area contributed by atoms with Gasteiger partial charge in [-0.25, -0.2) is 9.59 Å². The second-order valence-corrected chi connectivity index (χ2v) is 8.70. The minimum atomic E-state index is -0.443. The molecule has 4 rings (SSSR count). The molecule has 1 heterocycles. The summed E-state index contributed by atoms with van der Waals surface area (Å²) in [5.74, 6) is 1.74. The van der Waals surface area contributed by atoms with E-state index in [9.17, 15) is 9.59 Å². The average Bonchev–Trinajstić information content (AvgIpc) is 2.92. The quantitative estimate of drug-likeness (QED) is 0.422. The van der Waals surface area contributed by atoms with Crippen molar-refractivity contribution in [1.82, 2.24) is 10.2 Å². The lowest BCUT2D eigenvalue weighted by Crippen LogP contribution is -2.47. The molecule has 0 fully saturated rings. The molecule has 3 aromatic carbocycles. The van der Waals surface area contributed by atoms with Crippen molar-refractivity contribution >= 4 is 23.4 Å². The summed E-state index contributed by atoms with van der Waals surface area (Å²) in [6.07, 6.45) is 0.626. The van der Waals surface area contributed by atoms with Crippen molar-refractivity contribution < 1.29 is 23.8 Å². The van der Waals surface area contributed by atoms with E-state index in [0.29, 0.717) is 41.6 Å². The predicted octanol–water partition coefficient (Wildman–Crippen LogP) is 4.97. The molecular formula is C28H32N4O5. The molecule has 0 saturated carbocycles. The van der Waals surface area contributed by atoms with Crippen molar-refractivity contribution in [3.8, 4) is 17.2 Å². The number of carbonyl (C=O) groups excluding carboxylic acids is 2. The van der Waals surface area contributed by atoms with E-state index in [-0.39, 0.29) is 18.6 Å². The molecular weight excluding hydrogens is 472 g/mol. The zero-order chi connectivity index (χ0) is 26.4. The van der Waals surface area contributed by atoms with Gasteiger partial charge in [0.05, 0.1) is 33.1 Å². The second kappa shape index (κ2) is 11.6. The standard InChI is InChI=1S/C28H32N4O5/c1-18-9-11-20(12-10-18)30-27(33)29-17-23-21-16-26(37-4)25(36-3)15-19(21)13-14-32(23)28(34)31-22-7-5-6-8-24(22)35-2/h5-12,15-16,23H,13-14,17H2,1-4H3,(H,31,34)(H2,29,30,33). The van der Waals surface area contributed by atoms with Crippen molar-refractivity contribution in [2.45, 2.75) is 19.4 Å². The Labute approximate surface area is 216 Å². The first-order valence-electron chi connectivity index (χ1n) is 12.0. The van der Waals surface area contributed by atoms with Crippen molar-refractivity contribution in [3.63, 3.8) is 0 Å². The summed E-state index contributed by atoms with van der Waals surface area (Å²) in [6, 6.07) is 17.5. The van der Waals surface area contributed by atoms with Gasteiger partial charge in [0.15, 0.2) is 11.5 Å². The molecule has 3 aromatic rings. The molecule has 9 nitrogen and oxygen atoms in total. The van der Waals surface area contributed by atoms with Gasteiger partial charge in [0.1, 0.15) is 5.75 Å². The van der Waals surface area contributed by atoms with E-state index in [1.807, 2.05) is 55.5 Å². The number of urea groups is 2. The lowest BCUT2D eigenvalue weighted by molar-refractivity contribution is 0.180. The largest absolute Gasteiger partial charge is 0.495 e. The van der Waals surface area contributed by atoms with Gasteiger partial charge in [-0.15, -0.1) is 0 Å². The molecule has 0 spiro atoms. The van der Waals surface area contributed by atoms with Crippen LogP contribution in [-0.4, -0.2) is 51.4 Å². The summed E-state index contributed by atoms with van der Waals surface area (Å²) in [5, 5.41) is 8.72. The average molecular weight is 505 g/mol. The molecule has 0 aliphatic carbocycles. The van der Waals surface area contributed by atoms with Crippen LogP contribution in [0.5, 0.6) is 17.2 Å². The number of carbonyl (C=O) groups is 2. The number of methoxy groups -OCH3 is 3. The third-order valence-corrected chi connectivity index (χ3v) is 6.38. The van der Waals surface area contributed by atoms with Gasteiger partial charge in [0.2, 0.25) is 0 Å². The molecule has 9 heteroatoms. The molecule has 37 heavy (non-hydrogen) atoms. The highest BCUT2D eigenvalue weighted by atomic mass is 16.5. The van der Waals surface area contributed by atoms with Gasteiger partial charge in [0, 0.05) is 18.8 Å². The van der Waals surface area contributed by atoms with Crippen LogP contribution in [0.15, 0.2) is 60.7 Å². The first-order valence-corrected chi connectivity index (χ1v) is 12.0. The van der Waals surface area contributed by atoms with E-state index >= 15 is 0 Å². The summed E-state index contributed by atoms with van der Waals surface area (Å²) in [4.78, 5) is 27.9. The molecule has 1 aliphatic heterocycles. The Hall–Kier alpha value is -4.40. The monoisotopic (exact) mass is 504 g/mol. The molecule has 3 N–H and O–H groups in total. The number of nitrogens with zero attached hydrogens (tertiary/aromatic N) is 1. The topological polar surface area (TPSA) is 101 Å². The first kappa shape index (κ1) is 25.7. The van der Waals surface area contributed by atoms with Crippen molar-refractivity contribution in [1.29, 1.82) is 0 Å². The van der Waals surface area contributed by atoms with Crippen LogP contribution in [0.1, 0.15) is 22.7 Å². The molecule has 0 bridgehead atoms. The number of fused-ring (bicyclic) bond motifs is 1. The number of amides is 4. The lowest BCUT2D eigenvalue weighted by atomic mass is 9.92. The zero-order valence-corrected chi connectivity index (χ0v) is 21.5. The van der Waals surface area contributed by atoms with E-state index in [4.69, 9.17) is 14.2 Å². The van der Waals surface area contributed by atoms with Crippen LogP contribution < -0.4 is 30.2 Å². The van der Waals surface area contributed by atoms with E-state index in [1.54, 1.807) is 38.4 Å². The molecule has 1 atom stereocenters. The number of hydrogen-bond acceptors (Lipinski definition) is 5. The Bertz CT molecular complexity index is 1260. The van der Waals surface area contributed by atoms with E-state index in [2.05, 4.69) is 16.0 Å². The van der Waals surface area contributed by atoms with Crippen LogP contribution >= 0.6 is 0 Å². The van der Waals surface area contributed by atoms with Crippen LogP contribution in [0.3, 0.4) is 0 Å². The van der Waals surface area contributed by atoms with Gasteiger partial charge < -0.3 is 35.1 Å². The Balaban J connectivity index is 1.59. The predicted molar refractivity (Wildman–Crippen MR) is 143 cm³/mol. The lowest BCUT2D eigenvalue weighted by Gasteiger charge is -2.38. The SMILES string of the molecule is COc1ccccc1NC(=O)N1CCc2cc(OC)c(OC)cc2C1CNC(=O)Nc1ccc(C)cc1. The summed E-state index contributed by atoms with van der Waals surface area (Å²) >= 11 is 0. The molecule has 0 radical (unpaired) electrons. The number of ether oxygens (including phenoxy) is 3. The van der Waals surface area contributed by atoms with E-state index < -0.39 is 6.04 Å². The van der Waals surface area contributed by atoms with Gasteiger partial charge in [0.25, 0.3) is 0 Å². The van der Waals surface area contributed by atoms with Crippen molar-refractivity contribution in [2.24, 2.45) is 0 Å².